The fourth-order valence-electron chi connectivity index (χ4n) is 1.83. The Morgan fingerprint density at radius 1 is 1.00 bits per heavy atom. The van der Waals surface area contributed by atoms with E-state index in [1.54, 1.807) is 0 Å². The molecule has 23 heavy (non-hydrogen) atoms. The Morgan fingerprint density at radius 2 is 1.70 bits per heavy atom. The molecule has 2 aromatic carbocycles. The molecule has 0 aliphatic heterocycles. The van der Waals surface area contributed by atoms with Gasteiger partial charge >= 0.3 is 0 Å². The van der Waals surface area contributed by atoms with Gasteiger partial charge in [-0.2, -0.15) is 10.2 Å². The lowest BCUT2D eigenvalue weighted by Gasteiger charge is -2.05. The van der Waals surface area contributed by atoms with E-state index in [2.05, 4.69) is 20.9 Å². The van der Waals surface area contributed by atoms with Crippen LogP contribution in [0.4, 0.5) is 17.1 Å². The van der Waals surface area contributed by atoms with Gasteiger partial charge in [0, 0.05) is 24.1 Å². The van der Waals surface area contributed by atoms with Gasteiger partial charge in [0.1, 0.15) is 0 Å². The highest BCUT2D eigenvalue weighted by molar-refractivity contribution is 5.61. The molecule has 2 N–H and O–H groups in total. The summed E-state index contributed by atoms with van der Waals surface area (Å²) in [5.74, 6) is 0. The first-order chi connectivity index (χ1) is 11.3. The Morgan fingerprint density at radius 3 is 2.39 bits per heavy atom. The molecule has 0 amide bonds. The van der Waals surface area contributed by atoms with Crippen molar-refractivity contribution in [2.45, 2.75) is 6.92 Å². The maximum absolute atomic E-state index is 4.20. The van der Waals surface area contributed by atoms with Crippen molar-refractivity contribution in [2.75, 3.05) is 18.9 Å². The zero-order chi connectivity index (χ0) is 16.3. The number of rotatable bonds is 7. The lowest BCUT2D eigenvalue weighted by molar-refractivity contribution is 0.989. The Bertz CT molecular complexity index is 670. The maximum atomic E-state index is 4.20. The molecule has 0 fully saturated rings. The molecule has 118 valence electrons. The molecule has 0 heterocycles. The quantitative estimate of drug-likeness (QED) is 0.546. The smallest absolute Gasteiger partial charge is 0.0854 e. The SMILES string of the molecule is CN/C(C)=C\C=C/C/N=N/c1ccc(Nc2ccccc2)cc1. The lowest BCUT2D eigenvalue weighted by atomic mass is 10.2. The molecule has 0 aliphatic rings. The second kappa shape index (κ2) is 9.20. The number of hydrogen-bond donors (Lipinski definition) is 2. The predicted molar refractivity (Wildman–Crippen MR) is 97.5 cm³/mol. The molecular formula is C19H22N4. The number of anilines is 2. The number of benzene rings is 2. The molecule has 0 bridgehead atoms. The first-order valence-corrected chi connectivity index (χ1v) is 7.59. The van der Waals surface area contributed by atoms with E-state index in [-0.39, 0.29) is 0 Å². The van der Waals surface area contributed by atoms with Gasteiger partial charge in [-0.15, -0.1) is 0 Å². The third kappa shape index (κ3) is 6.18. The molecule has 0 saturated carbocycles. The van der Waals surface area contributed by atoms with Gasteiger partial charge in [0.15, 0.2) is 0 Å². The van der Waals surface area contributed by atoms with Gasteiger partial charge in [-0.05, 0) is 49.4 Å². The van der Waals surface area contributed by atoms with Gasteiger partial charge in [0.2, 0.25) is 0 Å². The van der Waals surface area contributed by atoms with Crippen molar-refractivity contribution < 1.29 is 0 Å². The van der Waals surface area contributed by atoms with Crippen LogP contribution in [-0.4, -0.2) is 13.6 Å². The van der Waals surface area contributed by atoms with Crippen LogP contribution in [0.1, 0.15) is 6.92 Å². The van der Waals surface area contributed by atoms with E-state index in [1.807, 2.05) is 86.8 Å². The average Bonchev–Trinajstić information content (AvgIpc) is 2.60. The van der Waals surface area contributed by atoms with Crippen LogP contribution < -0.4 is 10.6 Å². The van der Waals surface area contributed by atoms with Gasteiger partial charge in [-0.3, -0.25) is 0 Å². The summed E-state index contributed by atoms with van der Waals surface area (Å²) in [5, 5.41) is 14.7. The minimum Gasteiger partial charge on any atom is -0.392 e. The largest absolute Gasteiger partial charge is 0.392 e. The standard InChI is InChI=1S/C19H22N4/c1-16(20-2)8-6-7-15-21-23-19-13-11-18(12-14-19)22-17-9-4-3-5-10-17/h3-14,20,22H,15H2,1-2H3/b7-6-,16-8-,23-21+. The zero-order valence-corrected chi connectivity index (χ0v) is 13.5. The molecule has 0 saturated heterocycles. The highest BCUT2D eigenvalue weighted by atomic mass is 15.1. The van der Waals surface area contributed by atoms with Crippen LogP contribution in [0, 0.1) is 0 Å². The molecule has 0 aliphatic carbocycles. The molecule has 2 aromatic rings. The Hall–Kier alpha value is -2.88. The van der Waals surface area contributed by atoms with Crippen molar-refractivity contribution in [3.8, 4) is 0 Å². The number of allylic oxidation sites excluding steroid dienone is 3. The Kier molecular flexibility index (Phi) is 6.60. The van der Waals surface area contributed by atoms with Crippen molar-refractivity contribution in [3.05, 3.63) is 78.5 Å². The minimum absolute atomic E-state index is 0.567. The van der Waals surface area contributed by atoms with Gasteiger partial charge in [-0.1, -0.05) is 30.4 Å². The van der Waals surface area contributed by atoms with Crippen molar-refractivity contribution in [1.29, 1.82) is 0 Å². The van der Waals surface area contributed by atoms with E-state index in [0.717, 1.165) is 22.8 Å². The molecule has 0 spiro atoms. The Labute approximate surface area is 137 Å². The first-order valence-electron chi connectivity index (χ1n) is 7.59. The topological polar surface area (TPSA) is 48.8 Å². The third-order valence-corrected chi connectivity index (χ3v) is 3.18. The van der Waals surface area contributed by atoms with E-state index >= 15 is 0 Å². The predicted octanol–water partition coefficient (Wildman–Crippen LogP) is 5.19. The second-order valence-electron chi connectivity index (χ2n) is 4.99. The summed E-state index contributed by atoms with van der Waals surface area (Å²) in [6.07, 6.45) is 5.94. The van der Waals surface area contributed by atoms with Crippen LogP contribution in [-0.2, 0) is 0 Å². The number of para-hydroxylation sites is 1. The van der Waals surface area contributed by atoms with Crippen molar-refractivity contribution in [2.24, 2.45) is 10.2 Å². The maximum Gasteiger partial charge on any atom is 0.0854 e. The van der Waals surface area contributed by atoms with Crippen molar-refractivity contribution in [3.63, 3.8) is 0 Å². The summed E-state index contributed by atoms with van der Waals surface area (Å²) < 4.78 is 0. The van der Waals surface area contributed by atoms with E-state index in [4.69, 9.17) is 0 Å². The molecule has 0 aromatic heterocycles. The van der Waals surface area contributed by atoms with Crippen LogP contribution >= 0.6 is 0 Å². The number of hydrogen-bond acceptors (Lipinski definition) is 4. The highest BCUT2D eigenvalue weighted by Crippen LogP contribution is 2.20. The highest BCUT2D eigenvalue weighted by Gasteiger charge is 1.94. The van der Waals surface area contributed by atoms with Gasteiger partial charge in [0.25, 0.3) is 0 Å². The van der Waals surface area contributed by atoms with Crippen LogP contribution in [0.25, 0.3) is 0 Å². The normalized spacial score (nSPS) is 12.0. The third-order valence-electron chi connectivity index (χ3n) is 3.18. The van der Waals surface area contributed by atoms with Crippen LogP contribution in [0.15, 0.2) is 88.8 Å². The lowest BCUT2D eigenvalue weighted by Crippen LogP contribution is -2.00. The van der Waals surface area contributed by atoms with Crippen molar-refractivity contribution in [1.82, 2.24) is 5.32 Å². The fraction of sp³-hybridized carbons (Fsp3) is 0.158. The van der Waals surface area contributed by atoms with Crippen LogP contribution in [0.3, 0.4) is 0 Å². The molecule has 0 unspecified atom stereocenters. The summed E-state index contributed by atoms with van der Waals surface area (Å²) in [6.45, 7) is 2.58. The number of nitrogens with one attached hydrogen (secondary N) is 2. The van der Waals surface area contributed by atoms with Gasteiger partial charge < -0.3 is 10.6 Å². The van der Waals surface area contributed by atoms with Gasteiger partial charge in [-0.25, -0.2) is 0 Å². The minimum atomic E-state index is 0.567. The molecule has 0 radical (unpaired) electrons. The van der Waals surface area contributed by atoms with Gasteiger partial charge in [0.05, 0.1) is 12.2 Å². The van der Waals surface area contributed by atoms with Crippen LogP contribution in [0.5, 0.6) is 0 Å². The average molecular weight is 306 g/mol. The summed E-state index contributed by atoms with van der Waals surface area (Å²) in [5.41, 5.74) is 4.05. The van der Waals surface area contributed by atoms with Crippen LogP contribution in [0.2, 0.25) is 0 Å². The van der Waals surface area contributed by atoms with Crippen molar-refractivity contribution >= 4 is 17.1 Å². The van der Waals surface area contributed by atoms with E-state index < -0.39 is 0 Å². The Balaban J connectivity index is 1.84. The molecular weight excluding hydrogens is 284 g/mol. The zero-order valence-electron chi connectivity index (χ0n) is 13.5. The summed E-state index contributed by atoms with van der Waals surface area (Å²) in [4.78, 5) is 0. The van der Waals surface area contributed by atoms with E-state index in [9.17, 15) is 0 Å². The molecule has 2 rings (SSSR count). The summed E-state index contributed by atoms with van der Waals surface area (Å²) in [6, 6.07) is 18.0. The first kappa shape index (κ1) is 16.5. The number of nitrogens with zero attached hydrogens (tertiary/aromatic N) is 2. The molecule has 4 heteroatoms. The molecule has 0 atom stereocenters. The monoisotopic (exact) mass is 306 g/mol. The summed E-state index contributed by atoms with van der Waals surface area (Å²) >= 11 is 0. The van der Waals surface area contributed by atoms with E-state index in [0.29, 0.717) is 6.54 Å². The molecule has 4 nitrogen and oxygen atoms in total. The second-order valence-corrected chi connectivity index (χ2v) is 4.99. The fourth-order valence-corrected chi connectivity index (χ4v) is 1.83. The summed E-state index contributed by atoms with van der Waals surface area (Å²) in [7, 11) is 1.90. The number of azo groups is 1. The van der Waals surface area contributed by atoms with E-state index in [1.165, 1.54) is 0 Å².